The third kappa shape index (κ3) is 9.61. The lowest BCUT2D eigenvalue weighted by atomic mass is 10.0. The lowest BCUT2D eigenvalue weighted by Crippen LogP contribution is -2.31. The first-order valence-corrected chi connectivity index (χ1v) is 12.3. The lowest BCUT2D eigenvalue weighted by molar-refractivity contribution is 0.0948. The minimum Gasteiger partial charge on any atom is -0.507 e. The molecule has 0 saturated carbocycles. The molecule has 0 bridgehead atoms. The number of aromatic hydroxyl groups is 1. The monoisotopic (exact) mass is 504 g/mol. The summed E-state index contributed by atoms with van der Waals surface area (Å²) in [5, 5.41) is 16.4. The molecule has 1 amide bonds. The summed E-state index contributed by atoms with van der Waals surface area (Å²) in [6.45, 7) is 9.27. The van der Waals surface area contributed by atoms with Gasteiger partial charge in [-0.3, -0.25) is 4.79 Å². The highest BCUT2D eigenvalue weighted by Crippen LogP contribution is 2.28. The minimum absolute atomic E-state index is 0.0462. The summed E-state index contributed by atoms with van der Waals surface area (Å²) in [5.74, 6) is 1.29. The van der Waals surface area contributed by atoms with Crippen LogP contribution in [0.3, 0.4) is 0 Å². The molecule has 0 saturated heterocycles. The fourth-order valence-electron chi connectivity index (χ4n) is 3.32. The first-order chi connectivity index (χ1) is 17.6. The highest BCUT2D eigenvalue weighted by atomic mass is 16.5. The van der Waals surface area contributed by atoms with Gasteiger partial charge in [-0.25, -0.2) is 4.98 Å². The summed E-state index contributed by atoms with van der Waals surface area (Å²) in [6, 6.07) is 7.04. The van der Waals surface area contributed by atoms with Crippen LogP contribution in [0.15, 0.2) is 77.9 Å². The highest BCUT2D eigenvalue weighted by Gasteiger charge is 2.13. The van der Waals surface area contributed by atoms with E-state index in [1.165, 1.54) is 5.57 Å². The van der Waals surface area contributed by atoms with E-state index < -0.39 is 0 Å². The predicted molar refractivity (Wildman–Crippen MR) is 153 cm³/mol. The second kappa shape index (κ2) is 14.7. The average molecular weight is 505 g/mol. The molecular weight excluding hydrogens is 464 g/mol. The number of allylic oxidation sites excluding steroid dienone is 7. The molecule has 2 aromatic rings. The van der Waals surface area contributed by atoms with Gasteiger partial charge in [0.2, 0.25) is 0 Å². The lowest BCUT2D eigenvalue weighted by Gasteiger charge is -2.13. The molecular formula is C30H40N4O3. The number of methoxy groups -OCH3 is 1. The Morgan fingerprint density at radius 1 is 1.14 bits per heavy atom. The number of nitrogens with one attached hydrogen (secondary N) is 2. The fraction of sp³-hybridized carbons (Fsp3) is 0.333. The Morgan fingerprint density at radius 3 is 2.57 bits per heavy atom. The summed E-state index contributed by atoms with van der Waals surface area (Å²) in [4.78, 5) is 19.1. The van der Waals surface area contributed by atoms with Gasteiger partial charge in [0, 0.05) is 31.0 Å². The summed E-state index contributed by atoms with van der Waals surface area (Å²) < 4.78 is 5.11. The molecule has 0 aliphatic rings. The molecule has 0 aliphatic heterocycles. The number of likely N-dealkylation sites (N-methyl/N-ethyl adjacent to an activating group) is 1. The summed E-state index contributed by atoms with van der Waals surface area (Å²) in [7, 11) is 5.54. The molecule has 7 nitrogen and oxygen atoms in total. The maximum absolute atomic E-state index is 12.6. The SMILES string of the molecule is CO/C(C)=C/C=CC/C=C(C)/C(C)=C/Nc1ncc(-c2ccc(O)c(C(=O)NCCN(C)C)c2)cc1C. The van der Waals surface area contributed by atoms with Gasteiger partial charge in [-0.05, 0) is 89.2 Å². The van der Waals surface area contributed by atoms with E-state index in [4.69, 9.17) is 4.74 Å². The van der Waals surface area contributed by atoms with E-state index in [9.17, 15) is 9.90 Å². The number of rotatable bonds is 12. The quantitative estimate of drug-likeness (QED) is 0.250. The molecule has 0 spiro atoms. The van der Waals surface area contributed by atoms with Crippen molar-refractivity contribution in [1.29, 1.82) is 0 Å². The zero-order chi connectivity index (χ0) is 27.4. The van der Waals surface area contributed by atoms with Crippen molar-refractivity contribution in [1.82, 2.24) is 15.2 Å². The topological polar surface area (TPSA) is 86.7 Å². The third-order valence-corrected chi connectivity index (χ3v) is 5.89. The zero-order valence-electron chi connectivity index (χ0n) is 23.1. The van der Waals surface area contributed by atoms with Crippen LogP contribution in [0.5, 0.6) is 5.75 Å². The van der Waals surface area contributed by atoms with Crippen LogP contribution in [-0.2, 0) is 4.74 Å². The van der Waals surface area contributed by atoms with Gasteiger partial charge in [0.05, 0.1) is 18.4 Å². The number of phenols is 1. The molecule has 0 radical (unpaired) electrons. The van der Waals surface area contributed by atoms with E-state index in [-0.39, 0.29) is 17.2 Å². The molecule has 198 valence electrons. The second-order valence-corrected chi connectivity index (χ2v) is 9.18. The summed E-state index contributed by atoms with van der Waals surface area (Å²) in [6.07, 6.45) is 12.7. The molecule has 7 heteroatoms. The maximum Gasteiger partial charge on any atom is 0.255 e. The minimum atomic E-state index is -0.301. The number of anilines is 1. The van der Waals surface area contributed by atoms with Crippen molar-refractivity contribution in [3.05, 3.63) is 89.0 Å². The Hall–Kier alpha value is -3.84. The molecule has 0 fully saturated rings. The van der Waals surface area contributed by atoms with E-state index in [1.54, 1.807) is 31.5 Å². The van der Waals surface area contributed by atoms with Crippen molar-refractivity contribution in [3.63, 3.8) is 0 Å². The van der Waals surface area contributed by atoms with E-state index in [0.29, 0.717) is 6.54 Å². The normalized spacial score (nSPS) is 12.8. The molecule has 0 atom stereocenters. The van der Waals surface area contributed by atoms with Crippen molar-refractivity contribution in [3.8, 4) is 16.9 Å². The van der Waals surface area contributed by atoms with Crippen molar-refractivity contribution in [2.45, 2.75) is 34.1 Å². The largest absolute Gasteiger partial charge is 0.507 e. The Balaban J connectivity index is 2.09. The first kappa shape index (κ1) is 29.4. The average Bonchev–Trinajstić information content (AvgIpc) is 2.87. The molecule has 0 aliphatic carbocycles. The van der Waals surface area contributed by atoms with Gasteiger partial charge in [0.15, 0.2) is 0 Å². The Morgan fingerprint density at radius 2 is 1.89 bits per heavy atom. The number of hydrogen-bond donors (Lipinski definition) is 3. The number of aryl methyl sites for hydroxylation is 1. The maximum atomic E-state index is 12.6. The van der Waals surface area contributed by atoms with Crippen molar-refractivity contribution in [2.75, 3.05) is 39.6 Å². The van der Waals surface area contributed by atoms with Crippen LogP contribution in [0, 0.1) is 6.92 Å². The van der Waals surface area contributed by atoms with Gasteiger partial charge < -0.3 is 25.4 Å². The number of carbonyl (C=O) groups excluding carboxylic acids is 1. The molecule has 37 heavy (non-hydrogen) atoms. The van der Waals surface area contributed by atoms with Gasteiger partial charge in [-0.1, -0.05) is 29.9 Å². The number of ether oxygens (including phenoxy) is 1. The van der Waals surface area contributed by atoms with Crippen LogP contribution in [0.4, 0.5) is 5.82 Å². The highest BCUT2D eigenvalue weighted by molar-refractivity contribution is 5.98. The third-order valence-electron chi connectivity index (χ3n) is 5.89. The first-order valence-electron chi connectivity index (χ1n) is 12.3. The van der Waals surface area contributed by atoms with Crippen molar-refractivity contribution < 1.29 is 14.6 Å². The summed E-state index contributed by atoms with van der Waals surface area (Å²) in [5.41, 5.74) is 5.19. The molecule has 1 aromatic carbocycles. The molecule has 1 aromatic heterocycles. The van der Waals surface area contributed by atoms with Crippen LogP contribution >= 0.6 is 0 Å². The standard InChI is InChI=1S/C30H40N4O3/c1-21(11-9-8-10-12-24(4)37-7)23(3)19-32-29-22(2)17-26(20-33-29)25-13-14-28(35)27(18-25)30(36)31-15-16-34(5)6/h8,10-14,17-20,35H,9,15-16H2,1-7H3,(H,31,36)(H,32,33)/b10-8?,21-11+,23-19+,24-12+. The molecule has 1 heterocycles. The number of hydrogen-bond acceptors (Lipinski definition) is 6. The van der Waals surface area contributed by atoms with Gasteiger partial charge in [-0.2, -0.15) is 0 Å². The number of aromatic nitrogens is 1. The van der Waals surface area contributed by atoms with Crippen molar-refractivity contribution in [2.24, 2.45) is 0 Å². The van der Waals surface area contributed by atoms with Crippen LogP contribution in [0.2, 0.25) is 0 Å². The molecule has 0 unspecified atom stereocenters. The number of carbonyl (C=O) groups is 1. The Kier molecular flexibility index (Phi) is 11.6. The van der Waals surface area contributed by atoms with Crippen LogP contribution < -0.4 is 10.6 Å². The van der Waals surface area contributed by atoms with E-state index in [2.05, 4.69) is 41.6 Å². The number of pyridine rings is 1. The van der Waals surface area contributed by atoms with Gasteiger partial charge in [-0.15, -0.1) is 0 Å². The van der Waals surface area contributed by atoms with E-state index in [0.717, 1.165) is 46.8 Å². The smallest absolute Gasteiger partial charge is 0.255 e. The van der Waals surface area contributed by atoms with Crippen LogP contribution in [0.25, 0.3) is 11.1 Å². The zero-order valence-corrected chi connectivity index (χ0v) is 23.1. The number of amides is 1. The second-order valence-electron chi connectivity index (χ2n) is 9.18. The Labute approximate surface area is 221 Å². The van der Waals surface area contributed by atoms with E-state index >= 15 is 0 Å². The van der Waals surface area contributed by atoms with Crippen LogP contribution in [-0.4, -0.2) is 55.2 Å². The number of nitrogens with zero attached hydrogens (tertiary/aromatic N) is 2. The molecule has 3 N–H and O–H groups in total. The molecule has 2 rings (SSSR count). The summed E-state index contributed by atoms with van der Waals surface area (Å²) >= 11 is 0. The van der Waals surface area contributed by atoms with Gasteiger partial charge in [0.25, 0.3) is 5.91 Å². The Bertz CT molecular complexity index is 1190. The number of benzene rings is 1. The van der Waals surface area contributed by atoms with Crippen molar-refractivity contribution >= 4 is 11.7 Å². The van der Waals surface area contributed by atoms with Gasteiger partial charge in [0.1, 0.15) is 11.6 Å². The predicted octanol–water partition coefficient (Wildman–Crippen LogP) is 5.81. The van der Waals surface area contributed by atoms with Crippen LogP contribution in [0.1, 0.15) is 43.1 Å². The fourth-order valence-corrected chi connectivity index (χ4v) is 3.32. The van der Waals surface area contributed by atoms with E-state index in [1.807, 2.05) is 57.3 Å². The van der Waals surface area contributed by atoms with Gasteiger partial charge >= 0.3 is 0 Å². The number of phenolic OH excluding ortho intramolecular Hbond substituents is 1.